The van der Waals surface area contributed by atoms with E-state index in [-0.39, 0.29) is 5.91 Å². The van der Waals surface area contributed by atoms with Crippen molar-refractivity contribution in [3.63, 3.8) is 0 Å². The fourth-order valence-electron chi connectivity index (χ4n) is 2.15. The van der Waals surface area contributed by atoms with E-state index in [0.29, 0.717) is 11.8 Å². The number of aromatic amines is 1. The van der Waals surface area contributed by atoms with Crippen LogP contribution >= 0.6 is 0 Å². The Balaban J connectivity index is 2.95. The maximum Gasteiger partial charge on any atom is 0.257 e. The molecule has 0 saturated carbocycles. The number of aryl methyl sites for hydroxylation is 2. The van der Waals surface area contributed by atoms with Crippen molar-refractivity contribution in [1.82, 2.24) is 15.1 Å². The minimum absolute atomic E-state index is 0.0983. The number of carbonyl (C=O) groups excluding carboxylic acids is 1. The highest BCUT2D eigenvalue weighted by molar-refractivity contribution is 5.96. The van der Waals surface area contributed by atoms with Crippen LogP contribution in [0.15, 0.2) is 0 Å². The number of nitrogens with one attached hydrogen (secondary N) is 1. The topological polar surface area (TPSA) is 49.0 Å². The zero-order valence-electron chi connectivity index (χ0n) is 12.4. The molecule has 0 aliphatic heterocycles. The highest BCUT2D eigenvalue weighted by Gasteiger charge is 2.22. The lowest BCUT2D eigenvalue weighted by atomic mass is 10.1. The van der Waals surface area contributed by atoms with Crippen molar-refractivity contribution in [3.8, 4) is 0 Å². The summed E-state index contributed by atoms with van der Waals surface area (Å²) in [6, 6.07) is 0. The lowest BCUT2D eigenvalue weighted by molar-refractivity contribution is 0.0713. The minimum atomic E-state index is 0.0983. The first-order chi connectivity index (χ1) is 8.32. The van der Waals surface area contributed by atoms with Gasteiger partial charge in [0.2, 0.25) is 0 Å². The molecule has 0 radical (unpaired) electrons. The number of amides is 1. The van der Waals surface area contributed by atoms with Crippen molar-refractivity contribution in [3.05, 3.63) is 17.0 Å². The minimum Gasteiger partial charge on any atom is -0.338 e. The number of carbonyl (C=O) groups is 1. The third-order valence-electron chi connectivity index (χ3n) is 2.80. The lowest BCUT2D eigenvalue weighted by Gasteiger charge is -2.26. The van der Waals surface area contributed by atoms with Crippen LogP contribution in [0.25, 0.3) is 0 Å². The summed E-state index contributed by atoms with van der Waals surface area (Å²) in [5.74, 6) is 1.04. The quantitative estimate of drug-likeness (QED) is 0.874. The second-order valence-corrected chi connectivity index (χ2v) is 5.81. The zero-order chi connectivity index (χ0) is 13.9. The van der Waals surface area contributed by atoms with Gasteiger partial charge >= 0.3 is 0 Å². The SMILES string of the molecule is Cc1n[nH]c(C)c1C(=O)N(CC(C)C)CC(C)C. The van der Waals surface area contributed by atoms with Crippen molar-refractivity contribution in [2.24, 2.45) is 11.8 Å². The predicted molar refractivity (Wildman–Crippen MR) is 73.6 cm³/mol. The summed E-state index contributed by atoms with van der Waals surface area (Å²) in [5.41, 5.74) is 2.38. The molecule has 1 aromatic heterocycles. The lowest BCUT2D eigenvalue weighted by Crippen LogP contribution is -2.37. The Morgan fingerprint density at radius 2 is 1.67 bits per heavy atom. The second-order valence-electron chi connectivity index (χ2n) is 5.81. The van der Waals surface area contributed by atoms with Crippen LogP contribution in [0.5, 0.6) is 0 Å². The van der Waals surface area contributed by atoms with Gasteiger partial charge in [0.05, 0.1) is 11.3 Å². The van der Waals surface area contributed by atoms with Gasteiger partial charge in [-0.2, -0.15) is 5.10 Å². The van der Waals surface area contributed by atoms with E-state index < -0.39 is 0 Å². The molecule has 102 valence electrons. The Bertz CT molecular complexity index is 378. The van der Waals surface area contributed by atoms with Crippen LogP contribution in [0.4, 0.5) is 0 Å². The maximum absolute atomic E-state index is 12.6. The van der Waals surface area contributed by atoms with E-state index in [2.05, 4.69) is 37.9 Å². The molecule has 1 aromatic rings. The first-order valence-electron chi connectivity index (χ1n) is 6.63. The fourth-order valence-corrected chi connectivity index (χ4v) is 2.15. The molecule has 0 bridgehead atoms. The highest BCUT2D eigenvalue weighted by atomic mass is 16.2. The molecule has 4 nitrogen and oxygen atoms in total. The van der Waals surface area contributed by atoms with Crippen LogP contribution in [0.2, 0.25) is 0 Å². The van der Waals surface area contributed by atoms with E-state index in [1.807, 2.05) is 18.7 Å². The number of rotatable bonds is 5. The van der Waals surface area contributed by atoms with E-state index in [1.165, 1.54) is 0 Å². The Morgan fingerprint density at radius 1 is 1.17 bits per heavy atom. The molecule has 4 heteroatoms. The summed E-state index contributed by atoms with van der Waals surface area (Å²) < 4.78 is 0. The Morgan fingerprint density at radius 3 is 2.00 bits per heavy atom. The van der Waals surface area contributed by atoms with Crippen LogP contribution in [-0.2, 0) is 0 Å². The first kappa shape index (κ1) is 14.7. The third kappa shape index (κ3) is 3.59. The molecule has 0 unspecified atom stereocenters. The van der Waals surface area contributed by atoms with Crippen molar-refractivity contribution in [2.75, 3.05) is 13.1 Å². The molecule has 0 aliphatic rings. The molecule has 0 aliphatic carbocycles. The average Bonchev–Trinajstić information content (AvgIpc) is 2.55. The highest BCUT2D eigenvalue weighted by Crippen LogP contribution is 2.15. The molecular weight excluding hydrogens is 226 g/mol. The first-order valence-corrected chi connectivity index (χ1v) is 6.63. The summed E-state index contributed by atoms with van der Waals surface area (Å²) in [6.07, 6.45) is 0. The molecular formula is C14H25N3O. The molecule has 1 rings (SSSR count). The number of hydrogen-bond acceptors (Lipinski definition) is 2. The van der Waals surface area contributed by atoms with Crippen LogP contribution in [0, 0.1) is 25.7 Å². The van der Waals surface area contributed by atoms with Crippen molar-refractivity contribution in [2.45, 2.75) is 41.5 Å². The van der Waals surface area contributed by atoms with Gasteiger partial charge in [0.1, 0.15) is 0 Å². The summed E-state index contributed by atoms with van der Waals surface area (Å²) in [6.45, 7) is 13.9. The monoisotopic (exact) mass is 251 g/mol. The molecule has 0 aromatic carbocycles. The van der Waals surface area contributed by atoms with Gasteiger partial charge in [0, 0.05) is 18.8 Å². The van der Waals surface area contributed by atoms with Gasteiger partial charge in [-0.1, -0.05) is 27.7 Å². The van der Waals surface area contributed by atoms with E-state index in [1.54, 1.807) is 0 Å². The largest absolute Gasteiger partial charge is 0.338 e. The smallest absolute Gasteiger partial charge is 0.257 e. The number of hydrogen-bond donors (Lipinski definition) is 1. The molecule has 0 saturated heterocycles. The van der Waals surface area contributed by atoms with Crippen molar-refractivity contribution >= 4 is 5.91 Å². The predicted octanol–water partition coefficient (Wildman–Crippen LogP) is 2.78. The molecule has 1 heterocycles. The van der Waals surface area contributed by atoms with Gasteiger partial charge in [0.25, 0.3) is 5.91 Å². The third-order valence-corrected chi connectivity index (χ3v) is 2.80. The number of H-pyrrole nitrogens is 1. The standard InChI is InChI=1S/C14H25N3O/c1-9(2)7-17(8-10(3)4)14(18)13-11(5)15-16-12(13)6/h9-10H,7-8H2,1-6H3,(H,15,16). The molecule has 18 heavy (non-hydrogen) atoms. The Labute approximate surface area is 110 Å². The van der Waals surface area contributed by atoms with E-state index >= 15 is 0 Å². The average molecular weight is 251 g/mol. The molecule has 1 N–H and O–H groups in total. The van der Waals surface area contributed by atoms with Gasteiger partial charge < -0.3 is 4.90 Å². The van der Waals surface area contributed by atoms with Crippen LogP contribution in [-0.4, -0.2) is 34.1 Å². The molecule has 0 spiro atoms. The molecule has 0 fully saturated rings. The van der Waals surface area contributed by atoms with E-state index in [4.69, 9.17) is 0 Å². The fraction of sp³-hybridized carbons (Fsp3) is 0.714. The van der Waals surface area contributed by atoms with Gasteiger partial charge in [-0.05, 0) is 25.7 Å². The van der Waals surface area contributed by atoms with Gasteiger partial charge in [0.15, 0.2) is 0 Å². The summed E-state index contributed by atoms with van der Waals surface area (Å²) in [4.78, 5) is 14.5. The number of aromatic nitrogens is 2. The van der Waals surface area contributed by atoms with Gasteiger partial charge in [-0.15, -0.1) is 0 Å². The van der Waals surface area contributed by atoms with Gasteiger partial charge in [-0.3, -0.25) is 9.89 Å². The van der Waals surface area contributed by atoms with Crippen LogP contribution in [0.3, 0.4) is 0 Å². The Kier molecular flexibility index (Phi) is 4.93. The second kappa shape index (κ2) is 6.03. The van der Waals surface area contributed by atoms with Gasteiger partial charge in [-0.25, -0.2) is 0 Å². The molecule has 1 amide bonds. The summed E-state index contributed by atoms with van der Waals surface area (Å²) in [5, 5.41) is 6.99. The Hall–Kier alpha value is -1.32. The van der Waals surface area contributed by atoms with Crippen molar-refractivity contribution < 1.29 is 4.79 Å². The maximum atomic E-state index is 12.6. The normalized spacial score (nSPS) is 11.3. The zero-order valence-corrected chi connectivity index (χ0v) is 12.4. The molecule has 0 atom stereocenters. The van der Waals surface area contributed by atoms with Crippen LogP contribution < -0.4 is 0 Å². The van der Waals surface area contributed by atoms with E-state index in [9.17, 15) is 4.79 Å². The summed E-state index contributed by atoms with van der Waals surface area (Å²) in [7, 11) is 0. The van der Waals surface area contributed by atoms with Crippen molar-refractivity contribution in [1.29, 1.82) is 0 Å². The van der Waals surface area contributed by atoms with E-state index in [0.717, 1.165) is 30.0 Å². The summed E-state index contributed by atoms with van der Waals surface area (Å²) >= 11 is 0. The number of nitrogens with zero attached hydrogens (tertiary/aromatic N) is 2. The van der Waals surface area contributed by atoms with Crippen LogP contribution in [0.1, 0.15) is 49.4 Å².